The first-order valence-corrected chi connectivity index (χ1v) is 9.39. The minimum Gasteiger partial charge on any atom is -0.391 e. The van der Waals surface area contributed by atoms with E-state index in [1.807, 2.05) is 0 Å². The normalized spacial score (nSPS) is 20.8. The zero-order chi connectivity index (χ0) is 18.1. The van der Waals surface area contributed by atoms with Crippen molar-refractivity contribution in [2.75, 3.05) is 6.54 Å². The van der Waals surface area contributed by atoms with Crippen LogP contribution in [-0.4, -0.2) is 39.1 Å². The number of carbonyl (C=O) groups is 1. The van der Waals surface area contributed by atoms with E-state index in [-0.39, 0.29) is 40.8 Å². The van der Waals surface area contributed by atoms with Crippen LogP contribution in [0.4, 0.5) is 0 Å². The molecule has 2 N–H and O–H groups in total. The lowest BCUT2D eigenvalue weighted by atomic mass is 9.97. The van der Waals surface area contributed by atoms with Crippen molar-refractivity contribution in [3.63, 3.8) is 0 Å². The van der Waals surface area contributed by atoms with Crippen molar-refractivity contribution in [1.29, 1.82) is 0 Å². The highest BCUT2D eigenvalue weighted by molar-refractivity contribution is 9.10. The topological polar surface area (TPSA) is 84.2 Å². The molecule has 1 aromatic carbocycles. The number of rotatable bonds is 4. The second-order valence-electron chi connectivity index (χ2n) is 6.07. The van der Waals surface area contributed by atoms with Gasteiger partial charge in [0.2, 0.25) is 0 Å². The Morgan fingerprint density at radius 1 is 1.48 bits per heavy atom. The summed E-state index contributed by atoms with van der Waals surface area (Å²) in [5.41, 5.74) is -0.0530. The number of benzene rings is 1. The lowest BCUT2D eigenvalue weighted by Crippen LogP contribution is -2.46. The molecule has 2 atom stereocenters. The minimum absolute atomic E-state index is 0.113. The van der Waals surface area contributed by atoms with Crippen molar-refractivity contribution in [1.82, 2.24) is 14.9 Å². The Morgan fingerprint density at radius 3 is 2.96 bits per heavy atom. The molecule has 2 aromatic rings. The molecule has 1 aliphatic rings. The fraction of sp³-hybridized carbons (Fsp3) is 0.438. The zero-order valence-electron chi connectivity index (χ0n) is 13.1. The molecule has 0 unspecified atom stereocenters. The predicted octanol–water partition coefficient (Wildman–Crippen LogP) is 2.54. The van der Waals surface area contributed by atoms with Gasteiger partial charge in [-0.15, -0.1) is 0 Å². The fourth-order valence-corrected chi connectivity index (χ4v) is 3.77. The highest BCUT2D eigenvalue weighted by atomic mass is 79.9. The van der Waals surface area contributed by atoms with Crippen molar-refractivity contribution in [3.8, 4) is 0 Å². The molecular weight excluding hydrogens is 433 g/mol. The van der Waals surface area contributed by atoms with Crippen molar-refractivity contribution in [2.24, 2.45) is 0 Å². The standard InChI is InChI=1S/C16H16BrCl2N3O3/c17-13-10(18)5-9-15(14(13)19)21-7-22(16(9)25)6-8(23)4-11-12(24)2-1-3-20-11/h5,7,11-12,20,24H,1-4,6H2/t11-,12+/m0/s1. The lowest BCUT2D eigenvalue weighted by molar-refractivity contribution is -0.121. The van der Waals surface area contributed by atoms with Crippen molar-refractivity contribution in [2.45, 2.75) is 38.0 Å². The molecule has 0 bridgehead atoms. The molecule has 0 saturated carbocycles. The number of nitrogens with one attached hydrogen (secondary N) is 1. The van der Waals surface area contributed by atoms with Gasteiger partial charge in [0, 0.05) is 12.5 Å². The lowest BCUT2D eigenvalue weighted by Gasteiger charge is -2.28. The molecule has 1 fully saturated rings. The molecule has 2 heterocycles. The molecule has 1 aliphatic heterocycles. The molecule has 0 radical (unpaired) electrons. The van der Waals surface area contributed by atoms with Crippen LogP contribution in [0.25, 0.3) is 10.9 Å². The smallest absolute Gasteiger partial charge is 0.261 e. The van der Waals surface area contributed by atoms with Crippen LogP contribution in [0.1, 0.15) is 19.3 Å². The molecule has 3 rings (SSSR count). The van der Waals surface area contributed by atoms with Gasteiger partial charge in [-0.05, 0) is 41.4 Å². The molecule has 0 aliphatic carbocycles. The maximum absolute atomic E-state index is 12.6. The summed E-state index contributed by atoms with van der Waals surface area (Å²) >= 11 is 15.5. The average Bonchev–Trinajstić information content (AvgIpc) is 2.58. The summed E-state index contributed by atoms with van der Waals surface area (Å²) in [6.45, 7) is 0.663. The zero-order valence-corrected chi connectivity index (χ0v) is 16.2. The minimum atomic E-state index is -0.542. The van der Waals surface area contributed by atoms with Crippen LogP contribution in [0.15, 0.2) is 21.7 Å². The third-order valence-corrected chi connectivity index (χ3v) is 6.24. The van der Waals surface area contributed by atoms with Gasteiger partial charge in [-0.3, -0.25) is 14.2 Å². The van der Waals surface area contributed by atoms with Gasteiger partial charge in [0.25, 0.3) is 5.56 Å². The van der Waals surface area contributed by atoms with E-state index < -0.39 is 6.10 Å². The number of fused-ring (bicyclic) bond motifs is 1. The quantitative estimate of drug-likeness (QED) is 0.702. The Hall–Kier alpha value is -0.990. The van der Waals surface area contributed by atoms with Gasteiger partial charge in [0.15, 0.2) is 5.78 Å². The SMILES string of the molecule is O=C(C[C@@H]1NCCC[C@H]1O)Cn1cnc2c(Cl)c(Br)c(Cl)cc2c1=O. The van der Waals surface area contributed by atoms with Crippen LogP contribution in [-0.2, 0) is 11.3 Å². The molecule has 25 heavy (non-hydrogen) atoms. The summed E-state index contributed by atoms with van der Waals surface area (Å²) in [5, 5.41) is 13.9. The van der Waals surface area contributed by atoms with Crippen LogP contribution >= 0.6 is 39.1 Å². The average molecular weight is 449 g/mol. The molecule has 0 amide bonds. The monoisotopic (exact) mass is 447 g/mol. The van der Waals surface area contributed by atoms with Gasteiger partial charge < -0.3 is 10.4 Å². The summed E-state index contributed by atoms with van der Waals surface area (Å²) in [4.78, 5) is 29.1. The number of Topliss-reactive ketones (excluding diaryl/α,β-unsaturated/α-hetero) is 1. The molecule has 134 valence electrons. The van der Waals surface area contributed by atoms with Crippen LogP contribution in [0.5, 0.6) is 0 Å². The van der Waals surface area contributed by atoms with Crippen LogP contribution in [0.3, 0.4) is 0 Å². The van der Waals surface area contributed by atoms with E-state index in [9.17, 15) is 14.7 Å². The number of nitrogens with zero attached hydrogens (tertiary/aromatic N) is 2. The summed E-state index contributed by atoms with van der Waals surface area (Å²) in [5.74, 6) is -0.156. The van der Waals surface area contributed by atoms with Gasteiger partial charge in [-0.25, -0.2) is 4.98 Å². The van der Waals surface area contributed by atoms with E-state index in [0.717, 1.165) is 13.0 Å². The van der Waals surface area contributed by atoms with E-state index in [0.29, 0.717) is 21.4 Å². The molecular formula is C16H16BrCl2N3O3. The number of hydrogen-bond acceptors (Lipinski definition) is 5. The van der Waals surface area contributed by atoms with Gasteiger partial charge in [-0.2, -0.15) is 0 Å². The van der Waals surface area contributed by atoms with E-state index in [1.54, 1.807) is 0 Å². The Morgan fingerprint density at radius 2 is 2.24 bits per heavy atom. The first-order valence-electron chi connectivity index (χ1n) is 7.84. The van der Waals surface area contributed by atoms with Crippen LogP contribution in [0.2, 0.25) is 10.0 Å². The maximum atomic E-state index is 12.6. The first kappa shape index (κ1) is 18.8. The summed E-state index contributed by atoms with van der Waals surface area (Å²) in [6.07, 6.45) is 2.48. The van der Waals surface area contributed by atoms with Crippen molar-refractivity contribution < 1.29 is 9.90 Å². The highest BCUT2D eigenvalue weighted by Gasteiger charge is 2.25. The third kappa shape index (κ3) is 3.90. The fourth-order valence-electron chi connectivity index (χ4n) is 2.97. The highest BCUT2D eigenvalue weighted by Crippen LogP contribution is 2.34. The van der Waals surface area contributed by atoms with Gasteiger partial charge in [-0.1, -0.05) is 23.2 Å². The van der Waals surface area contributed by atoms with E-state index in [4.69, 9.17) is 23.2 Å². The number of carbonyl (C=O) groups excluding carboxylic acids is 1. The van der Waals surface area contributed by atoms with Crippen molar-refractivity contribution in [3.05, 3.63) is 37.3 Å². The number of hydrogen-bond donors (Lipinski definition) is 2. The van der Waals surface area contributed by atoms with Gasteiger partial charge in [0.1, 0.15) is 0 Å². The number of aliphatic hydroxyl groups is 1. The Kier molecular flexibility index (Phi) is 5.80. The summed E-state index contributed by atoms with van der Waals surface area (Å²) < 4.78 is 1.71. The largest absolute Gasteiger partial charge is 0.391 e. The summed E-state index contributed by atoms with van der Waals surface area (Å²) in [6, 6.07) is 1.21. The maximum Gasteiger partial charge on any atom is 0.261 e. The number of ketones is 1. The number of piperidine rings is 1. The summed E-state index contributed by atoms with van der Waals surface area (Å²) in [7, 11) is 0. The van der Waals surface area contributed by atoms with Crippen LogP contribution in [0, 0.1) is 0 Å². The molecule has 1 aromatic heterocycles. The second kappa shape index (κ2) is 7.72. The molecule has 9 heteroatoms. The van der Waals surface area contributed by atoms with Crippen LogP contribution < -0.4 is 10.9 Å². The molecule has 0 spiro atoms. The second-order valence-corrected chi connectivity index (χ2v) is 7.65. The van der Waals surface area contributed by atoms with E-state index in [2.05, 4.69) is 26.2 Å². The number of aliphatic hydroxyl groups excluding tert-OH is 1. The number of halogens is 3. The molecule has 1 saturated heterocycles. The Balaban J connectivity index is 1.84. The first-order chi connectivity index (χ1) is 11.9. The van der Waals surface area contributed by atoms with Crippen molar-refractivity contribution >= 4 is 55.8 Å². The Bertz CT molecular complexity index is 887. The molecule has 6 nitrogen and oxygen atoms in total. The Labute approximate surface area is 162 Å². The predicted molar refractivity (Wildman–Crippen MR) is 100 cm³/mol. The van der Waals surface area contributed by atoms with Gasteiger partial charge >= 0.3 is 0 Å². The van der Waals surface area contributed by atoms with E-state index in [1.165, 1.54) is 17.0 Å². The number of aromatic nitrogens is 2. The van der Waals surface area contributed by atoms with E-state index >= 15 is 0 Å². The third-order valence-electron chi connectivity index (χ3n) is 4.30. The van der Waals surface area contributed by atoms with Gasteiger partial charge in [0.05, 0.1) is 44.4 Å².